The van der Waals surface area contributed by atoms with Crippen LogP contribution in [0, 0.1) is 29.1 Å². The Labute approximate surface area is 221 Å². The summed E-state index contributed by atoms with van der Waals surface area (Å²) in [4.78, 5) is 0. The van der Waals surface area contributed by atoms with E-state index in [1.807, 2.05) is 0 Å². The van der Waals surface area contributed by atoms with Gasteiger partial charge in [-0.1, -0.05) is 76.8 Å². The van der Waals surface area contributed by atoms with Gasteiger partial charge in [0.2, 0.25) is 0 Å². The van der Waals surface area contributed by atoms with Gasteiger partial charge in [-0.3, -0.25) is 4.55 Å². The first-order valence-electron chi connectivity index (χ1n) is 12.7. The minimum Gasteiger partial charge on any atom is -1.00 e. The van der Waals surface area contributed by atoms with Gasteiger partial charge in [-0.25, -0.2) is 4.18 Å². The Bertz CT molecular complexity index is 855. The van der Waals surface area contributed by atoms with Gasteiger partial charge >= 0.3 is 33.5 Å². The average Bonchev–Trinajstić information content (AvgIpc) is 3.04. The first-order chi connectivity index (χ1) is 15.0. The van der Waals surface area contributed by atoms with E-state index in [1.165, 1.54) is 44.9 Å². The summed E-state index contributed by atoms with van der Waals surface area (Å²) in [5.41, 5.74) is 4.08. The molecule has 0 amide bonds. The molecule has 5 atom stereocenters. The van der Waals surface area contributed by atoms with Gasteiger partial charge in [-0.05, 0) is 79.6 Å². The number of fused-ring (bicyclic) bond motifs is 1. The predicted molar refractivity (Wildman–Crippen MR) is 140 cm³/mol. The maximum absolute atomic E-state index is 11.1. The summed E-state index contributed by atoms with van der Waals surface area (Å²) in [5.74, 6) is 3.06. The van der Waals surface area contributed by atoms with E-state index < -0.39 is 16.5 Å². The Balaban J connectivity index is 0.00000385. The van der Waals surface area contributed by atoms with Crippen LogP contribution in [0.3, 0.4) is 0 Å². The zero-order valence-corrected chi connectivity index (χ0v) is 23.5. The fraction of sp³-hybridized carbons (Fsp3) is 0.778. The van der Waals surface area contributed by atoms with Crippen LogP contribution >= 0.6 is 0 Å². The molecule has 186 valence electrons. The molecule has 3 fully saturated rings. The fourth-order valence-electron chi connectivity index (χ4n) is 6.90. The molecule has 0 bridgehead atoms. The van der Waals surface area contributed by atoms with Crippen molar-refractivity contribution < 1.29 is 20.0 Å². The first kappa shape index (κ1) is 29.1. The minimum atomic E-state index is -4.42. The van der Waals surface area contributed by atoms with E-state index in [4.69, 9.17) is 8.74 Å². The molecule has 0 heterocycles. The molecule has 0 spiro atoms. The van der Waals surface area contributed by atoms with Crippen LogP contribution in [-0.2, 0) is 14.6 Å². The van der Waals surface area contributed by atoms with Crippen molar-refractivity contribution in [2.75, 3.05) is 0 Å². The van der Waals surface area contributed by atoms with Crippen LogP contribution in [0.5, 0.6) is 0 Å². The third-order valence-corrected chi connectivity index (χ3v) is 9.11. The van der Waals surface area contributed by atoms with Gasteiger partial charge in [0, 0.05) is 6.42 Å². The molecule has 1 N–H and O–H groups in total. The third kappa shape index (κ3) is 7.67. The van der Waals surface area contributed by atoms with Gasteiger partial charge in [-0.15, -0.1) is 0 Å². The van der Waals surface area contributed by atoms with E-state index >= 15 is 0 Å². The summed E-state index contributed by atoms with van der Waals surface area (Å²) >= 11 is 0. The fourth-order valence-corrected chi connectivity index (χ4v) is 7.41. The number of allylic oxidation sites excluding steroid dienone is 4. The van der Waals surface area contributed by atoms with Gasteiger partial charge in [0.15, 0.2) is 0 Å². The molecule has 0 aromatic carbocycles. The van der Waals surface area contributed by atoms with Crippen LogP contribution in [0.2, 0.25) is 0 Å². The summed E-state index contributed by atoms with van der Waals surface area (Å²) in [6.07, 6.45) is 16.1. The summed E-state index contributed by atoms with van der Waals surface area (Å²) < 4.78 is 36.1. The topological polar surface area (TPSA) is 63.6 Å². The smallest absolute Gasteiger partial charge is 1.00 e. The Kier molecular flexibility index (Phi) is 10.8. The second-order valence-electron chi connectivity index (χ2n) is 11.3. The molecule has 0 aromatic heterocycles. The maximum Gasteiger partial charge on any atom is 2.00 e. The van der Waals surface area contributed by atoms with Crippen LogP contribution in [0.25, 0.3) is 0 Å². The van der Waals surface area contributed by atoms with E-state index in [9.17, 15) is 8.42 Å². The molecular formula is C27H46MgO4S. The standard InChI is InChI=1S/C27H44O4S.Mg.2H/c1-19(2)8-6-9-21(4)25-15-16-26-22(10-7-17-27(25,26)5)12-13-23-18-24(14-11-20(23)3)31-32(28,29)30;;;/h12-13,19,21,24-26H,3,6-11,14-18H2,1-2,4-5H3,(H,28,29,30);;;/q;+2;2*-1/b22-12+,23-13-;;;/t21-,24+,25-,26+,27-;;;/m1.../s1. The average molecular weight is 491 g/mol. The Hall–Kier alpha value is -0.144. The van der Waals surface area contributed by atoms with Crippen molar-refractivity contribution in [3.8, 4) is 0 Å². The second-order valence-corrected chi connectivity index (χ2v) is 12.4. The molecule has 6 heteroatoms. The van der Waals surface area contributed by atoms with Crippen molar-refractivity contribution in [1.29, 1.82) is 0 Å². The molecule has 0 aromatic rings. The molecule has 3 rings (SSSR count). The van der Waals surface area contributed by atoms with Crippen LogP contribution in [0.1, 0.15) is 101 Å². The van der Waals surface area contributed by atoms with Gasteiger partial charge in [0.05, 0.1) is 6.10 Å². The number of hydrogen-bond donors (Lipinski definition) is 1. The number of hydrogen-bond acceptors (Lipinski definition) is 3. The molecule has 0 unspecified atom stereocenters. The van der Waals surface area contributed by atoms with E-state index in [2.05, 4.69) is 46.4 Å². The molecule has 3 aliphatic carbocycles. The van der Waals surface area contributed by atoms with Gasteiger partial charge in [-0.2, -0.15) is 8.42 Å². The second kappa shape index (κ2) is 12.2. The summed E-state index contributed by atoms with van der Waals surface area (Å²) in [7, 11) is -4.42. The van der Waals surface area contributed by atoms with Crippen molar-refractivity contribution in [2.45, 2.75) is 104 Å². The molecule has 3 saturated carbocycles. The van der Waals surface area contributed by atoms with Crippen molar-refractivity contribution >= 4 is 33.5 Å². The summed E-state index contributed by atoms with van der Waals surface area (Å²) in [5, 5.41) is 0. The molecule has 3 aliphatic rings. The molecule has 0 aliphatic heterocycles. The van der Waals surface area contributed by atoms with E-state index in [-0.39, 0.29) is 25.9 Å². The predicted octanol–water partition coefficient (Wildman–Crippen LogP) is 7.29. The third-order valence-electron chi connectivity index (χ3n) is 8.59. The van der Waals surface area contributed by atoms with Gasteiger partial charge in [0.1, 0.15) is 0 Å². The first-order valence-corrected chi connectivity index (χ1v) is 14.1. The molecule has 0 saturated heterocycles. The van der Waals surface area contributed by atoms with Crippen molar-refractivity contribution in [3.05, 3.63) is 35.5 Å². The minimum absolute atomic E-state index is 0. The number of rotatable bonds is 8. The van der Waals surface area contributed by atoms with E-state index in [0.29, 0.717) is 30.6 Å². The largest absolute Gasteiger partial charge is 2.00 e. The molecule has 33 heavy (non-hydrogen) atoms. The quantitative estimate of drug-likeness (QED) is 0.286. The Morgan fingerprint density at radius 3 is 2.58 bits per heavy atom. The van der Waals surface area contributed by atoms with Crippen molar-refractivity contribution in [2.24, 2.45) is 29.1 Å². The SMILES string of the molecule is C=C1CC[C@H](OS(=O)(=O)O)C/C1=C/C=C1\CCC[C@]2(C)[C@@H]([C@H](C)CCCC(C)C)CC[C@@H]12.[H-].[H-].[Mg+2]. The summed E-state index contributed by atoms with van der Waals surface area (Å²) in [6, 6.07) is 0. The summed E-state index contributed by atoms with van der Waals surface area (Å²) in [6.45, 7) is 13.9. The van der Waals surface area contributed by atoms with E-state index in [1.54, 1.807) is 5.57 Å². The Morgan fingerprint density at radius 1 is 1.18 bits per heavy atom. The zero-order chi connectivity index (χ0) is 23.5. The van der Waals surface area contributed by atoms with Crippen LogP contribution in [0.15, 0.2) is 35.5 Å². The molecule has 0 radical (unpaired) electrons. The zero-order valence-electron chi connectivity index (χ0n) is 23.3. The van der Waals surface area contributed by atoms with E-state index in [0.717, 1.165) is 35.3 Å². The van der Waals surface area contributed by atoms with Crippen LogP contribution in [-0.4, -0.2) is 42.1 Å². The van der Waals surface area contributed by atoms with Crippen molar-refractivity contribution in [1.82, 2.24) is 0 Å². The van der Waals surface area contributed by atoms with Crippen LogP contribution < -0.4 is 0 Å². The molecule has 4 nitrogen and oxygen atoms in total. The monoisotopic (exact) mass is 490 g/mol. The van der Waals surface area contributed by atoms with Gasteiger partial charge in [0.25, 0.3) is 0 Å². The van der Waals surface area contributed by atoms with Crippen molar-refractivity contribution in [3.63, 3.8) is 0 Å². The molecular weight excluding hydrogens is 445 g/mol. The van der Waals surface area contributed by atoms with Crippen LogP contribution in [0.4, 0.5) is 0 Å². The van der Waals surface area contributed by atoms with Gasteiger partial charge < -0.3 is 2.85 Å². The normalized spacial score (nSPS) is 33.9. The maximum atomic E-state index is 11.1. The Morgan fingerprint density at radius 2 is 1.91 bits per heavy atom.